The standard InChI is InChI=1S/C12H24N2O2/c1-2-3-4-5-12(16)14-8-6-13(7-9-14)10-11-15/h15H,2-11H2,1H3. The van der Waals surface area contributed by atoms with Crippen molar-refractivity contribution < 1.29 is 9.90 Å². The van der Waals surface area contributed by atoms with E-state index in [9.17, 15) is 4.79 Å². The van der Waals surface area contributed by atoms with Crippen molar-refractivity contribution in [3.05, 3.63) is 0 Å². The molecule has 1 aliphatic rings. The molecule has 0 atom stereocenters. The molecule has 1 aliphatic heterocycles. The molecule has 0 bridgehead atoms. The fourth-order valence-corrected chi connectivity index (χ4v) is 2.05. The number of hydrogen-bond donors (Lipinski definition) is 1. The number of aliphatic hydroxyl groups is 1. The van der Waals surface area contributed by atoms with Crippen molar-refractivity contribution >= 4 is 5.91 Å². The van der Waals surface area contributed by atoms with Crippen LogP contribution in [0.3, 0.4) is 0 Å². The lowest BCUT2D eigenvalue weighted by Gasteiger charge is -2.34. The molecule has 0 unspecified atom stereocenters. The zero-order chi connectivity index (χ0) is 11.8. The van der Waals surface area contributed by atoms with E-state index in [0.717, 1.165) is 52.0 Å². The quantitative estimate of drug-likeness (QED) is 0.681. The van der Waals surface area contributed by atoms with Crippen LogP contribution in [-0.2, 0) is 4.79 Å². The maximum Gasteiger partial charge on any atom is 0.222 e. The van der Waals surface area contributed by atoms with Crippen molar-refractivity contribution in [1.82, 2.24) is 9.80 Å². The summed E-state index contributed by atoms with van der Waals surface area (Å²) in [6.45, 7) is 6.55. The van der Waals surface area contributed by atoms with Crippen molar-refractivity contribution in [2.45, 2.75) is 32.6 Å². The van der Waals surface area contributed by atoms with E-state index in [1.54, 1.807) is 0 Å². The summed E-state index contributed by atoms with van der Waals surface area (Å²) in [6, 6.07) is 0. The Labute approximate surface area is 98.2 Å². The van der Waals surface area contributed by atoms with Crippen molar-refractivity contribution in [3.63, 3.8) is 0 Å². The molecule has 0 aromatic carbocycles. The molecule has 16 heavy (non-hydrogen) atoms. The summed E-state index contributed by atoms with van der Waals surface area (Å²) in [5.41, 5.74) is 0. The molecule has 1 N–H and O–H groups in total. The van der Waals surface area contributed by atoms with Crippen LogP contribution in [-0.4, -0.2) is 60.1 Å². The number of unbranched alkanes of at least 4 members (excludes halogenated alkanes) is 2. The molecule has 4 heteroatoms. The molecule has 94 valence electrons. The summed E-state index contributed by atoms with van der Waals surface area (Å²) in [6.07, 6.45) is 4.04. The average molecular weight is 228 g/mol. The first-order valence-corrected chi connectivity index (χ1v) is 6.39. The summed E-state index contributed by atoms with van der Waals surface area (Å²) in [7, 11) is 0. The molecule has 1 saturated heterocycles. The number of amides is 1. The average Bonchev–Trinajstić information content (AvgIpc) is 2.30. The van der Waals surface area contributed by atoms with Crippen molar-refractivity contribution in [1.29, 1.82) is 0 Å². The number of piperazine rings is 1. The third-order valence-electron chi connectivity index (χ3n) is 3.14. The predicted molar refractivity (Wildman–Crippen MR) is 64.2 cm³/mol. The molecular weight excluding hydrogens is 204 g/mol. The van der Waals surface area contributed by atoms with Gasteiger partial charge in [-0.2, -0.15) is 0 Å². The Bertz CT molecular complexity index is 201. The number of aliphatic hydroxyl groups excluding tert-OH is 1. The zero-order valence-corrected chi connectivity index (χ0v) is 10.3. The highest BCUT2D eigenvalue weighted by atomic mass is 16.3. The third kappa shape index (κ3) is 4.49. The number of carbonyl (C=O) groups is 1. The van der Waals surface area contributed by atoms with Gasteiger partial charge in [0, 0.05) is 39.1 Å². The van der Waals surface area contributed by atoms with E-state index in [2.05, 4.69) is 11.8 Å². The normalized spacial score (nSPS) is 17.8. The van der Waals surface area contributed by atoms with E-state index in [1.165, 1.54) is 0 Å². The molecule has 1 rings (SSSR count). The first-order valence-electron chi connectivity index (χ1n) is 6.39. The highest BCUT2D eigenvalue weighted by Gasteiger charge is 2.19. The summed E-state index contributed by atoms with van der Waals surface area (Å²) in [5, 5.41) is 8.81. The van der Waals surface area contributed by atoms with Gasteiger partial charge < -0.3 is 10.0 Å². The molecule has 0 aromatic heterocycles. The van der Waals surface area contributed by atoms with Crippen molar-refractivity contribution in [2.75, 3.05) is 39.3 Å². The summed E-state index contributed by atoms with van der Waals surface area (Å²) >= 11 is 0. The molecule has 0 radical (unpaired) electrons. The molecular formula is C12H24N2O2. The lowest BCUT2D eigenvalue weighted by atomic mass is 10.2. The Kier molecular flexibility index (Phi) is 6.42. The SMILES string of the molecule is CCCCCC(=O)N1CCN(CCO)CC1. The van der Waals surface area contributed by atoms with Gasteiger partial charge in [0.2, 0.25) is 5.91 Å². The van der Waals surface area contributed by atoms with E-state index in [0.29, 0.717) is 12.3 Å². The Hall–Kier alpha value is -0.610. The van der Waals surface area contributed by atoms with Crippen LogP contribution < -0.4 is 0 Å². The molecule has 0 spiro atoms. The van der Waals surface area contributed by atoms with Crippen LogP contribution in [0.1, 0.15) is 32.6 Å². The minimum absolute atomic E-state index is 0.213. The summed E-state index contributed by atoms with van der Waals surface area (Å²) in [4.78, 5) is 16.0. The Morgan fingerprint density at radius 1 is 1.19 bits per heavy atom. The van der Waals surface area contributed by atoms with Gasteiger partial charge in [0.15, 0.2) is 0 Å². The number of β-amino-alcohol motifs (C(OH)–C–C–N with tert-alkyl or cyclic N) is 1. The Morgan fingerprint density at radius 3 is 2.44 bits per heavy atom. The fraction of sp³-hybridized carbons (Fsp3) is 0.917. The topological polar surface area (TPSA) is 43.8 Å². The number of rotatable bonds is 6. The second-order valence-electron chi connectivity index (χ2n) is 4.40. The largest absolute Gasteiger partial charge is 0.395 e. The fourth-order valence-electron chi connectivity index (χ4n) is 2.05. The predicted octanol–water partition coefficient (Wildman–Crippen LogP) is 0.703. The van der Waals surface area contributed by atoms with Gasteiger partial charge in [-0.05, 0) is 6.42 Å². The monoisotopic (exact) mass is 228 g/mol. The van der Waals surface area contributed by atoms with Crippen LogP contribution in [0.15, 0.2) is 0 Å². The van der Waals surface area contributed by atoms with Gasteiger partial charge >= 0.3 is 0 Å². The first kappa shape index (κ1) is 13.5. The molecule has 0 saturated carbocycles. The second-order valence-corrected chi connectivity index (χ2v) is 4.40. The maximum absolute atomic E-state index is 11.8. The molecule has 1 heterocycles. The van der Waals surface area contributed by atoms with E-state index < -0.39 is 0 Å². The van der Waals surface area contributed by atoms with Gasteiger partial charge in [0.05, 0.1) is 6.61 Å². The van der Waals surface area contributed by atoms with E-state index in [4.69, 9.17) is 5.11 Å². The maximum atomic E-state index is 11.8. The van der Waals surface area contributed by atoms with Gasteiger partial charge in [0.25, 0.3) is 0 Å². The van der Waals surface area contributed by atoms with Crippen molar-refractivity contribution in [2.24, 2.45) is 0 Å². The van der Waals surface area contributed by atoms with Gasteiger partial charge in [-0.1, -0.05) is 19.8 Å². The van der Waals surface area contributed by atoms with Crippen LogP contribution in [0.4, 0.5) is 0 Å². The van der Waals surface area contributed by atoms with Gasteiger partial charge in [0.1, 0.15) is 0 Å². The van der Waals surface area contributed by atoms with Crippen molar-refractivity contribution in [3.8, 4) is 0 Å². The van der Waals surface area contributed by atoms with Crippen LogP contribution >= 0.6 is 0 Å². The molecule has 1 amide bonds. The van der Waals surface area contributed by atoms with Gasteiger partial charge in [-0.25, -0.2) is 0 Å². The molecule has 0 aliphatic carbocycles. The molecule has 4 nitrogen and oxygen atoms in total. The highest BCUT2D eigenvalue weighted by molar-refractivity contribution is 5.76. The second kappa shape index (κ2) is 7.63. The Balaban J connectivity index is 2.17. The minimum Gasteiger partial charge on any atom is -0.395 e. The van der Waals surface area contributed by atoms with Gasteiger partial charge in [-0.3, -0.25) is 9.69 Å². The number of carbonyl (C=O) groups excluding carboxylic acids is 1. The van der Waals surface area contributed by atoms with E-state index in [1.807, 2.05) is 4.90 Å². The number of hydrogen-bond acceptors (Lipinski definition) is 3. The minimum atomic E-state index is 0.213. The van der Waals surface area contributed by atoms with E-state index in [-0.39, 0.29) is 6.61 Å². The van der Waals surface area contributed by atoms with Crippen LogP contribution in [0.5, 0.6) is 0 Å². The smallest absolute Gasteiger partial charge is 0.222 e. The lowest BCUT2D eigenvalue weighted by molar-refractivity contribution is -0.133. The van der Waals surface area contributed by atoms with Crippen LogP contribution in [0.25, 0.3) is 0 Å². The highest BCUT2D eigenvalue weighted by Crippen LogP contribution is 2.06. The zero-order valence-electron chi connectivity index (χ0n) is 10.3. The third-order valence-corrected chi connectivity index (χ3v) is 3.14. The summed E-state index contributed by atoms with van der Waals surface area (Å²) in [5.74, 6) is 0.303. The molecule has 0 aromatic rings. The summed E-state index contributed by atoms with van der Waals surface area (Å²) < 4.78 is 0. The first-order chi connectivity index (χ1) is 7.77. The number of nitrogens with zero attached hydrogens (tertiary/aromatic N) is 2. The van der Waals surface area contributed by atoms with Gasteiger partial charge in [-0.15, -0.1) is 0 Å². The lowest BCUT2D eigenvalue weighted by Crippen LogP contribution is -2.49. The van der Waals surface area contributed by atoms with Crippen LogP contribution in [0.2, 0.25) is 0 Å². The van der Waals surface area contributed by atoms with Crippen LogP contribution in [0, 0.1) is 0 Å². The van der Waals surface area contributed by atoms with E-state index >= 15 is 0 Å². The Morgan fingerprint density at radius 2 is 1.88 bits per heavy atom. The molecule has 1 fully saturated rings.